The number of aromatic nitrogens is 2. The van der Waals surface area contributed by atoms with Crippen LogP contribution in [-0.4, -0.2) is 4.40 Å². The van der Waals surface area contributed by atoms with Crippen LogP contribution in [0.25, 0.3) is 49.0 Å². The maximum absolute atomic E-state index is 2.60. The van der Waals surface area contributed by atoms with Crippen LogP contribution in [0.2, 0.25) is 0 Å². The number of para-hydroxylation sites is 1. The minimum absolute atomic E-state index is 0.736. The molecule has 3 atom stereocenters. The van der Waals surface area contributed by atoms with Crippen molar-refractivity contribution in [3.63, 3.8) is 0 Å². The summed E-state index contributed by atoms with van der Waals surface area (Å²) in [4.78, 5) is 0. The van der Waals surface area contributed by atoms with Gasteiger partial charge < -0.3 is 4.40 Å². The van der Waals surface area contributed by atoms with Crippen LogP contribution in [-0.2, 0) is 7.05 Å². The molecule has 2 bridgehead atoms. The molecule has 0 N–H and O–H groups in total. The topological polar surface area (TPSA) is 8.29 Å². The van der Waals surface area contributed by atoms with Gasteiger partial charge in [0, 0.05) is 16.8 Å². The van der Waals surface area contributed by atoms with Crippen molar-refractivity contribution < 1.29 is 4.57 Å². The Bertz CT molecular complexity index is 1770. The van der Waals surface area contributed by atoms with E-state index >= 15 is 0 Å². The molecule has 33 heavy (non-hydrogen) atoms. The van der Waals surface area contributed by atoms with Gasteiger partial charge in [0.1, 0.15) is 7.05 Å². The average Bonchev–Trinajstić information content (AvgIpc) is 3.54. The van der Waals surface area contributed by atoms with E-state index in [0.717, 1.165) is 17.8 Å². The highest BCUT2D eigenvalue weighted by Crippen LogP contribution is 2.53. The molecule has 2 saturated carbocycles. The maximum atomic E-state index is 2.60. The SMILES string of the molecule is Cc1cc2c3ccccc3n3c4cc(C5CC6CCC5C6)cc5cc[n+](C)c(c(c1C)c23)c54. The molecule has 0 amide bonds. The van der Waals surface area contributed by atoms with Crippen molar-refractivity contribution in [1.29, 1.82) is 0 Å². The minimum atomic E-state index is 0.736. The maximum Gasteiger partial charge on any atom is 0.224 e. The predicted octanol–water partition coefficient (Wildman–Crippen LogP) is 7.33. The molecule has 3 aromatic carbocycles. The van der Waals surface area contributed by atoms with Gasteiger partial charge in [-0.15, -0.1) is 0 Å². The van der Waals surface area contributed by atoms with E-state index < -0.39 is 0 Å². The van der Waals surface area contributed by atoms with Gasteiger partial charge in [0.15, 0.2) is 6.20 Å². The first kappa shape index (κ1) is 18.3. The van der Waals surface area contributed by atoms with Crippen molar-refractivity contribution in [2.75, 3.05) is 0 Å². The molecule has 0 saturated heterocycles. The molecule has 0 spiro atoms. The molecular formula is C31H29N2+. The molecule has 8 rings (SSSR count). The van der Waals surface area contributed by atoms with E-state index in [1.54, 1.807) is 5.56 Å². The zero-order chi connectivity index (χ0) is 22.0. The summed E-state index contributed by atoms with van der Waals surface area (Å²) >= 11 is 0. The van der Waals surface area contributed by atoms with Gasteiger partial charge in [0.2, 0.25) is 5.52 Å². The molecule has 3 heterocycles. The standard InChI is InChI=1S/C31H29N2/c1-17-12-25-23-6-4-5-7-26(23)33-27-16-22(24-14-19-8-9-20(24)13-19)15-21-10-11-32(3)31(29(21)27)28(18(17)2)30(25)33/h4-7,10-12,15-16,19-20,24H,8-9,13-14H2,1-3H3/q+1. The second kappa shape index (κ2) is 6.05. The highest BCUT2D eigenvalue weighted by molar-refractivity contribution is 6.26. The summed E-state index contributed by atoms with van der Waals surface area (Å²) in [7, 11) is 2.22. The van der Waals surface area contributed by atoms with E-state index in [1.807, 2.05) is 0 Å². The lowest BCUT2D eigenvalue weighted by Gasteiger charge is -2.23. The molecule has 3 unspecified atom stereocenters. The molecule has 2 aliphatic carbocycles. The van der Waals surface area contributed by atoms with Crippen LogP contribution in [0.4, 0.5) is 0 Å². The average molecular weight is 430 g/mol. The summed E-state index contributed by atoms with van der Waals surface area (Å²) in [5, 5.41) is 6.98. The molecule has 162 valence electrons. The van der Waals surface area contributed by atoms with Crippen LogP contribution in [0.3, 0.4) is 0 Å². The van der Waals surface area contributed by atoms with Gasteiger partial charge in [-0.2, -0.15) is 0 Å². The molecule has 2 fully saturated rings. The zero-order valence-corrected chi connectivity index (χ0v) is 19.7. The van der Waals surface area contributed by atoms with E-state index in [2.05, 4.69) is 84.6 Å². The Hall–Kier alpha value is -3.13. The lowest BCUT2D eigenvalue weighted by Crippen LogP contribution is -2.29. The van der Waals surface area contributed by atoms with Crippen LogP contribution in [0.15, 0.2) is 54.7 Å². The van der Waals surface area contributed by atoms with Crippen LogP contribution >= 0.6 is 0 Å². The van der Waals surface area contributed by atoms with E-state index in [4.69, 9.17) is 0 Å². The Labute approximate surface area is 193 Å². The third-order valence-corrected chi connectivity index (χ3v) is 9.36. The van der Waals surface area contributed by atoms with Crippen molar-refractivity contribution in [1.82, 2.24) is 4.40 Å². The van der Waals surface area contributed by atoms with Gasteiger partial charge in [-0.1, -0.05) is 30.7 Å². The fourth-order valence-corrected chi connectivity index (χ4v) is 7.75. The lowest BCUT2D eigenvalue weighted by molar-refractivity contribution is -0.643. The highest BCUT2D eigenvalue weighted by Gasteiger charge is 2.40. The second-order valence-electron chi connectivity index (χ2n) is 11.0. The Balaban J connectivity index is 1.65. The lowest BCUT2D eigenvalue weighted by atomic mass is 9.82. The fourth-order valence-electron chi connectivity index (χ4n) is 7.75. The smallest absolute Gasteiger partial charge is 0.224 e. The van der Waals surface area contributed by atoms with Crippen molar-refractivity contribution in [2.24, 2.45) is 18.9 Å². The monoisotopic (exact) mass is 429 g/mol. The van der Waals surface area contributed by atoms with Gasteiger partial charge >= 0.3 is 0 Å². The first-order valence-corrected chi connectivity index (χ1v) is 12.6. The van der Waals surface area contributed by atoms with Crippen molar-refractivity contribution >= 4 is 49.0 Å². The third-order valence-electron chi connectivity index (χ3n) is 9.36. The van der Waals surface area contributed by atoms with Crippen molar-refractivity contribution in [2.45, 2.75) is 45.4 Å². The molecule has 6 aromatic rings. The summed E-state index contributed by atoms with van der Waals surface area (Å²) in [5.74, 6) is 2.59. The molecule has 3 aromatic heterocycles. The molecular weight excluding hydrogens is 400 g/mol. The Morgan fingerprint density at radius 3 is 2.58 bits per heavy atom. The number of hydrogen-bond donors (Lipinski definition) is 0. The number of benzene rings is 3. The van der Waals surface area contributed by atoms with Gasteiger partial charge in [-0.3, -0.25) is 0 Å². The summed E-state index contributed by atoms with van der Waals surface area (Å²) in [6.07, 6.45) is 7.99. The summed E-state index contributed by atoms with van der Waals surface area (Å²) in [6.45, 7) is 4.57. The van der Waals surface area contributed by atoms with E-state index in [-0.39, 0.29) is 0 Å². The van der Waals surface area contributed by atoms with E-state index in [9.17, 15) is 0 Å². The first-order valence-electron chi connectivity index (χ1n) is 12.6. The van der Waals surface area contributed by atoms with E-state index in [0.29, 0.717) is 0 Å². The fraction of sp³-hybridized carbons (Fsp3) is 0.323. The zero-order valence-electron chi connectivity index (χ0n) is 19.7. The van der Waals surface area contributed by atoms with Crippen molar-refractivity contribution in [3.05, 3.63) is 71.4 Å². The van der Waals surface area contributed by atoms with Crippen molar-refractivity contribution in [3.8, 4) is 0 Å². The van der Waals surface area contributed by atoms with Gasteiger partial charge in [-0.25, -0.2) is 4.57 Å². The normalized spacial score (nSPS) is 22.8. The molecule has 2 heteroatoms. The molecule has 0 aliphatic heterocycles. The highest BCUT2D eigenvalue weighted by atomic mass is 15.0. The number of pyridine rings is 2. The Morgan fingerprint density at radius 1 is 0.879 bits per heavy atom. The van der Waals surface area contributed by atoms with Gasteiger partial charge in [-0.05, 0) is 91.1 Å². The summed E-state index contributed by atoms with van der Waals surface area (Å²) in [6, 6.07) is 18.9. The number of hydrogen-bond acceptors (Lipinski definition) is 0. The number of rotatable bonds is 1. The van der Waals surface area contributed by atoms with Crippen LogP contribution in [0.5, 0.6) is 0 Å². The summed E-state index contributed by atoms with van der Waals surface area (Å²) < 4.78 is 4.95. The number of aryl methyl sites for hydroxylation is 3. The largest absolute Gasteiger partial charge is 0.307 e. The number of fused-ring (bicyclic) bond motifs is 7. The second-order valence-corrected chi connectivity index (χ2v) is 11.0. The molecule has 2 aliphatic rings. The minimum Gasteiger partial charge on any atom is -0.307 e. The molecule has 2 nitrogen and oxygen atoms in total. The first-order chi connectivity index (χ1) is 16.1. The quantitative estimate of drug-likeness (QED) is 0.147. The Morgan fingerprint density at radius 2 is 1.76 bits per heavy atom. The van der Waals surface area contributed by atoms with Gasteiger partial charge in [0.25, 0.3) is 0 Å². The number of nitrogens with zero attached hydrogens (tertiary/aromatic N) is 2. The van der Waals surface area contributed by atoms with Gasteiger partial charge in [0.05, 0.1) is 27.3 Å². The van der Waals surface area contributed by atoms with Crippen LogP contribution in [0.1, 0.15) is 48.3 Å². The van der Waals surface area contributed by atoms with Crippen LogP contribution in [0, 0.1) is 25.7 Å². The van der Waals surface area contributed by atoms with Crippen LogP contribution < -0.4 is 4.57 Å². The molecule has 0 radical (unpaired) electrons. The van der Waals surface area contributed by atoms with E-state index in [1.165, 1.54) is 85.8 Å². The third kappa shape index (κ3) is 2.18. The Kier molecular flexibility index (Phi) is 3.36. The predicted molar refractivity (Wildman–Crippen MR) is 137 cm³/mol. The summed E-state index contributed by atoms with van der Waals surface area (Å²) in [5.41, 5.74) is 9.84.